The summed E-state index contributed by atoms with van der Waals surface area (Å²) in [4.78, 5) is 18.5. The highest BCUT2D eigenvalue weighted by Crippen LogP contribution is 2.30. The van der Waals surface area contributed by atoms with Crippen LogP contribution in [-0.4, -0.2) is 59.5 Å². The highest BCUT2D eigenvalue weighted by Gasteiger charge is 2.27. The number of morpholine rings is 1. The lowest BCUT2D eigenvalue weighted by Gasteiger charge is -2.32. The summed E-state index contributed by atoms with van der Waals surface area (Å²) in [6.45, 7) is 11.2. The molecule has 8 nitrogen and oxygen atoms in total. The third kappa shape index (κ3) is 4.05. The minimum Gasteiger partial charge on any atom is -0.378 e. The molecule has 0 radical (unpaired) electrons. The van der Waals surface area contributed by atoms with Crippen molar-refractivity contribution >= 4 is 11.8 Å². The number of rotatable bonds is 4. The van der Waals surface area contributed by atoms with Gasteiger partial charge in [0.15, 0.2) is 0 Å². The van der Waals surface area contributed by atoms with E-state index in [0.717, 1.165) is 69.6 Å². The molecule has 2 aromatic heterocycles. The number of nitrogens with zero attached hydrogens (tertiary/aromatic N) is 6. The Kier molecular flexibility index (Phi) is 5.24. The molecule has 146 valence electrons. The normalized spacial score (nSPS) is 21.1. The topological polar surface area (TPSA) is 80.4 Å². The zero-order valence-corrected chi connectivity index (χ0v) is 16.4. The van der Waals surface area contributed by atoms with Crippen LogP contribution in [0.25, 0.3) is 0 Å². The van der Waals surface area contributed by atoms with Gasteiger partial charge in [0.25, 0.3) is 5.95 Å². The molecule has 4 rings (SSSR count). The van der Waals surface area contributed by atoms with E-state index >= 15 is 0 Å². The summed E-state index contributed by atoms with van der Waals surface area (Å²) in [7, 11) is 0. The fraction of sp³-hybridized carbons (Fsp3) is 0.684. The maximum atomic E-state index is 5.47. The van der Waals surface area contributed by atoms with E-state index in [-0.39, 0.29) is 5.92 Å². The third-order valence-corrected chi connectivity index (χ3v) is 5.23. The Morgan fingerprint density at radius 2 is 1.89 bits per heavy atom. The van der Waals surface area contributed by atoms with Crippen LogP contribution in [0.4, 0.5) is 11.8 Å². The number of anilines is 2. The van der Waals surface area contributed by atoms with Crippen molar-refractivity contribution in [2.45, 2.75) is 45.4 Å². The Labute approximate surface area is 159 Å². The van der Waals surface area contributed by atoms with Gasteiger partial charge in [-0.15, -0.1) is 0 Å². The molecule has 0 aliphatic carbocycles. The van der Waals surface area contributed by atoms with Gasteiger partial charge in [0, 0.05) is 44.1 Å². The van der Waals surface area contributed by atoms with E-state index in [1.807, 2.05) is 6.92 Å². The molecule has 2 saturated heterocycles. The summed E-state index contributed by atoms with van der Waals surface area (Å²) in [5.41, 5.74) is 1.11. The van der Waals surface area contributed by atoms with Crippen molar-refractivity contribution in [3.63, 3.8) is 0 Å². The van der Waals surface area contributed by atoms with Crippen LogP contribution < -0.4 is 9.80 Å². The Bertz CT molecular complexity index is 771. The largest absolute Gasteiger partial charge is 0.378 e. The summed E-state index contributed by atoms with van der Waals surface area (Å²) >= 11 is 0. The van der Waals surface area contributed by atoms with Crippen LogP contribution in [0, 0.1) is 6.92 Å². The molecule has 0 amide bonds. The SMILES string of the molecule is Cc1nc(C2CCCN(c3noc(C(C)C)n3)C2)cc(N2CCOCC2)n1. The average Bonchev–Trinajstić information content (AvgIpc) is 3.19. The zero-order valence-electron chi connectivity index (χ0n) is 16.4. The number of hydrogen-bond acceptors (Lipinski definition) is 8. The van der Waals surface area contributed by atoms with Gasteiger partial charge >= 0.3 is 0 Å². The predicted octanol–water partition coefficient (Wildman–Crippen LogP) is 2.51. The molecule has 1 atom stereocenters. The monoisotopic (exact) mass is 372 g/mol. The van der Waals surface area contributed by atoms with E-state index < -0.39 is 0 Å². The molecule has 27 heavy (non-hydrogen) atoms. The van der Waals surface area contributed by atoms with E-state index in [9.17, 15) is 0 Å². The van der Waals surface area contributed by atoms with E-state index in [1.165, 1.54) is 0 Å². The molecule has 1 unspecified atom stereocenters. The third-order valence-electron chi connectivity index (χ3n) is 5.23. The number of aryl methyl sites for hydroxylation is 1. The summed E-state index contributed by atoms with van der Waals surface area (Å²) in [5, 5.41) is 4.18. The van der Waals surface area contributed by atoms with Gasteiger partial charge in [-0.1, -0.05) is 13.8 Å². The van der Waals surface area contributed by atoms with E-state index in [2.05, 4.69) is 44.8 Å². The number of ether oxygens (including phenoxy) is 1. The van der Waals surface area contributed by atoms with Crippen molar-refractivity contribution < 1.29 is 9.26 Å². The molecule has 2 aromatic rings. The van der Waals surface area contributed by atoms with E-state index in [0.29, 0.717) is 17.8 Å². The lowest BCUT2D eigenvalue weighted by Crippen LogP contribution is -2.38. The highest BCUT2D eigenvalue weighted by atomic mass is 16.5. The average molecular weight is 372 g/mol. The number of piperidine rings is 1. The van der Waals surface area contributed by atoms with Crippen LogP contribution in [0.3, 0.4) is 0 Å². The lowest BCUT2D eigenvalue weighted by molar-refractivity contribution is 0.122. The molecule has 0 bridgehead atoms. The number of hydrogen-bond donors (Lipinski definition) is 0. The molecule has 8 heteroatoms. The summed E-state index contributed by atoms with van der Waals surface area (Å²) in [5.74, 6) is 3.82. The first kappa shape index (κ1) is 18.2. The van der Waals surface area contributed by atoms with Crippen LogP contribution in [0.15, 0.2) is 10.6 Å². The first-order valence-electron chi connectivity index (χ1n) is 9.87. The second kappa shape index (κ2) is 7.80. The van der Waals surface area contributed by atoms with Crippen LogP contribution in [-0.2, 0) is 4.74 Å². The van der Waals surface area contributed by atoms with Crippen LogP contribution >= 0.6 is 0 Å². The van der Waals surface area contributed by atoms with Crippen molar-refractivity contribution in [3.8, 4) is 0 Å². The fourth-order valence-electron chi connectivity index (χ4n) is 3.73. The van der Waals surface area contributed by atoms with E-state index in [1.54, 1.807) is 0 Å². The van der Waals surface area contributed by atoms with Gasteiger partial charge in [-0.25, -0.2) is 9.97 Å². The van der Waals surface area contributed by atoms with Crippen molar-refractivity contribution in [1.29, 1.82) is 0 Å². The molecular formula is C19H28N6O2. The molecule has 0 aromatic carbocycles. The molecule has 0 N–H and O–H groups in total. The molecule has 2 fully saturated rings. The smallest absolute Gasteiger partial charge is 0.266 e. The van der Waals surface area contributed by atoms with Gasteiger partial charge in [-0.2, -0.15) is 4.98 Å². The van der Waals surface area contributed by atoms with Gasteiger partial charge in [0.05, 0.1) is 18.9 Å². The van der Waals surface area contributed by atoms with Crippen LogP contribution in [0.1, 0.15) is 55.9 Å². The van der Waals surface area contributed by atoms with Crippen molar-refractivity contribution in [2.75, 3.05) is 49.2 Å². The molecule has 2 aliphatic rings. The maximum absolute atomic E-state index is 5.47. The Morgan fingerprint density at radius 3 is 2.63 bits per heavy atom. The molecule has 0 saturated carbocycles. The Morgan fingerprint density at radius 1 is 1.07 bits per heavy atom. The molecular weight excluding hydrogens is 344 g/mol. The van der Waals surface area contributed by atoms with Gasteiger partial charge in [0.2, 0.25) is 5.89 Å². The van der Waals surface area contributed by atoms with E-state index in [4.69, 9.17) is 14.2 Å². The Balaban J connectivity index is 1.52. The first-order valence-corrected chi connectivity index (χ1v) is 9.87. The van der Waals surface area contributed by atoms with Crippen molar-refractivity contribution in [1.82, 2.24) is 20.1 Å². The fourth-order valence-corrected chi connectivity index (χ4v) is 3.73. The summed E-state index contributed by atoms with van der Waals surface area (Å²) in [6.07, 6.45) is 2.20. The maximum Gasteiger partial charge on any atom is 0.266 e. The quantitative estimate of drug-likeness (QED) is 0.810. The van der Waals surface area contributed by atoms with Crippen LogP contribution in [0.2, 0.25) is 0 Å². The Hall–Kier alpha value is -2.22. The molecule has 4 heterocycles. The predicted molar refractivity (Wildman–Crippen MR) is 102 cm³/mol. The van der Waals surface area contributed by atoms with Crippen molar-refractivity contribution in [2.24, 2.45) is 0 Å². The van der Waals surface area contributed by atoms with Gasteiger partial charge in [-0.05, 0) is 24.9 Å². The second-order valence-electron chi connectivity index (χ2n) is 7.67. The standard InChI is InChI=1S/C19H28N6O2/c1-13(2)18-22-19(23-27-18)25-6-4-5-15(12-25)16-11-17(21-14(3)20-16)24-7-9-26-10-8-24/h11,13,15H,4-10,12H2,1-3H3. The minimum absolute atomic E-state index is 0.243. The van der Waals surface area contributed by atoms with Gasteiger partial charge in [0.1, 0.15) is 11.6 Å². The summed E-state index contributed by atoms with van der Waals surface area (Å²) < 4.78 is 10.9. The van der Waals surface area contributed by atoms with Gasteiger partial charge < -0.3 is 19.1 Å². The van der Waals surface area contributed by atoms with Gasteiger partial charge in [-0.3, -0.25) is 0 Å². The minimum atomic E-state index is 0.243. The molecule has 0 spiro atoms. The van der Waals surface area contributed by atoms with Crippen molar-refractivity contribution in [3.05, 3.63) is 23.5 Å². The van der Waals surface area contributed by atoms with Crippen LogP contribution in [0.5, 0.6) is 0 Å². The molecule has 2 aliphatic heterocycles. The second-order valence-corrected chi connectivity index (χ2v) is 7.67. The zero-order chi connectivity index (χ0) is 18.8. The summed E-state index contributed by atoms with van der Waals surface area (Å²) in [6, 6.07) is 2.16. The lowest BCUT2D eigenvalue weighted by atomic mass is 9.94. The number of aromatic nitrogens is 4. The first-order chi connectivity index (χ1) is 13.1. The highest BCUT2D eigenvalue weighted by molar-refractivity contribution is 5.42.